The highest BCUT2D eigenvalue weighted by Gasteiger charge is 2.21. The van der Waals surface area contributed by atoms with Crippen LogP contribution in [0, 0.1) is 5.92 Å². The molecule has 1 saturated heterocycles. The molecule has 1 aromatic carbocycles. The summed E-state index contributed by atoms with van der Waals surface area (Å²) in [5.41, 5.74) is 2.42. The summed E-state index contributed by atoms with van der Waals surface area (Å²) in [6.07, 6.45) is 5.68. The molecule has 0 bridgehead atoms. The summed E-state index contributed by atoms with van der Waals surface area (Å²) in [7, 11) is 0. The van der Waals surface area contributed by atoms with Crippen LogP contribution in [0.1, 0.15) is 32.3 Å². The van der Waals surface area contributed by atoms with Crippen molar-refractivity contribution in [2.45, 2.75) is 39.3 Å². The van der Waals surface area contributed by atoms with E-state index in [9.17, 15) is 9.59 Å². The molecule has 3 rings (SSSR count). The lowest BCUT2D eigenvalue weighted by Gasteiger charge is -2.35. The number of para-hydroxylation sites is 1. The van der Waals surface area contributed by atoms with Crippen molar-refractivity contribution in [2.24, 2.45) is 5.92 Å². The van der Waals surface area contributed by atoms with E-state index >= 15 is 0 Å². The Kier molecular flexibility index (Phi) is 9.44. The molecule has 3 N–H and O–H groups in total. The molecule has 1 fully saturated rings. The minimum absolute atomic E-state index is 0.558. The minimum atomic E-state index is -1.26. The monoisotopic (exact) mass is 413 g/mol. The largest absolute Gasteiger partial charge is 0.478 e. The van der Waals surface area contributed by atoms with Gasteiger partial charge in [0.15, 0.2) is 0 Å². The van der Waals surface area contributed by atoms with Gasteiger partial charge in [-0.1, -0.05) is 32.0 Å². The van der Waals surface area contributed by atoms with Gasteiger partial charge in [-0.3, -0.25) is 9.88 Å². The van der Waals surface area contributed by atoms with Crippen molar-refractivity contribution < 1.29 is 19.8 Å². The number of pyridine rings is 1. The van der Waals surface area contributed by atoms with Gasteiger partial charge in [0.1, 0.15) is 0 Å². The van der Waals surface area contributed by atoms with E-state index in [2.05, 4.69) is 65.6 Å². The molecule has 7 heteroatoms. The summed E-state index contributed by atoms with van der Waals surface area (Å²) in [4.78, 5) is 26.4. The number of hydrogen-bond donors (Lipinski definition) is 3. The number of fused-ring (bicyclic) bond motifs is 1. The molecule has 162 valence electrons. The third kappa shape index (κ3) is 8.31. The summed E-state index contributed by atoms with van der Waals surface area (Å²) in [5.74, 6) is -1.82. The maximum absolute atomic E-state index is 9.55. The standard InChI is InChI=1S/C19H27N3.C4H4O4/c1-15(2)13-22(18-7-9-20-10-8-18)14-16-11-17-5-3-4-6-19(17)21-12-16;5-3(6)1-2-4(7)8/h3-6,11-12,15,18,20H,7-10,13-14H2,1-2H3;1-2H,(H,5,6)(H,7,8). The number of aromatic nitrogens is 1. The van der Waals surface area contributed by atoms with Gasteiger partial charge in [0.05, 0.1) is 5.52 Å². The molecule has 0 saturated carbocycles. The number of benzene rings is 1. The number of rotatable bonds is 7. The molecule has 0 unspecified atom stereocenters. The fourth-order valence-electron chi connectivity index (χ4n) is 3.56. The Morgan fingerprint density at radius 3 is 2.40 bits per heavy atom. The quantitative estimate of drug-likeness (QED) is 0.599. The molecule has 0 aliphatic carbocycles. The second kappa shape index (κ2) is 12.0. The first-order valence-electron chi connectivity index (χ1n) is 10.3. The first kappa shape index (κ1) is 23.5. The summed E-state index contributed by atoms with van der Waals surface area (Å²) in [6, 6.07) is 11.4. The van der Waals surface area contributed by atoms with E-state index in [0.717, 1.165) is 31.7 Å². The molecule has 2 aromatic rings. The molecule has 0 atom stereocenters. The van der Waals surface area contributed by atoms with Crippen LogP contribution in [0.2, 0.25) is 0 Å². The van der Waals surface area contributed by atoms with E-state index in [1.165, 1.54) is 23.8 Å². The Hall–Kier alpha value is -2.77. The number of carbonyl (C=O) groups is 2. The van der Waals surface area contributed by atoms with Gasteiger partial charge < -0.3 is 15.5 Å². The van der Waals surface area contributed by atoms with Crippen LogP contribution in [0.5, 0.6) is 0 Å². The number of nitrogens with zero attached hydrogens (tertiary/aromatic N) is 2. The lowest BCUT2D eigenvalue weighted by atomic mass is 10.0. The molecule has 1 aliphatic heterocycles. The zero-order valence-electron chi connectivity index (χ0n) is 17.6. The Bertz CT molecular complexity index is 844. The van der Waals surface area contributed by atoms with E-state index in [1.54, 1.807) is 0 Å². The third-order valence-electron chi connectivity index (χ3n) is 4.83. The average molecular weight is 414 g/mol. The molecule has 0 radical (unpaired) electrons. The van der Waals surface area contributed by atoms with Gasteiger partial charge in [-0.15, -0.1) is 0 Å². The van der Waals surface area contributed by atoms with Gasteiger partial charge in [-0.25, -0.2) is 9.59 Å². The molecule has 0 amide bonds. The van der Waals surface area contributed by atoms with Gasteiger partial charge in [0, 0.05) is 42.9 Å². The highest BCUT2D eigenvalue weighted by molar-refractivity contribution is 5.89. The zero-order chi connectivity index (χ0) is 21.9. The van der Waals surface area contributed by atoms with Crippen molar-refractivity contribution in [1.29, 1.82) is 0 Å². The van der Waals surface area contributed by atoms with Gasteiger partial charge in [0.2, 0.25) is 0 Å². The fraction of sp³-hybridized carbons (Fsp3) is 0.435. The normalized spacial score (nSPS) is 14.8. The smallest absolute Gasteiger partial charge is 0.328 e. The molecule has 1 aromatic heterocycles. The molecule has 30 heavy (non-hydrogen) atoms. The van der Waals surface area contributed by atoms with Crippen LogP contribution >= 0.6 is 0 Å². The third-order valence-corrected chi connectivity index (χ3v) is 4.83. The van der Waals surface area contributed by atoms with Crippen molar-refractivity contribution in [3.8, 4) is 0 Å². The van der Waals surface area contributed by atoms with Gasteiger partial charge in [0.25, 0.3) is 0 Å². The summed E-state index contributed by atoms with van der Waals surface area (Å²) in [6.45, 7) is 9.10. The van der Waals surface area contributed by atoms with Gasteiger partial charge in [-0.2, -0.15) is 0 Å². The Labute approximate surface area is 177 Å². The fourth-order valence-corrected chi connectivity index (χ4v) is 3.56. The zero-order valence-corrected chi connectivity index (χ0v) is 17.6. The topological polar surface area (TPSA) is 103 Å². The van der Waals surface area contributed by atoms with E-state index < -0.39 is 11.9 Å². The number of carboxylic acid groups (broad SMARTS) is 2. The predicted octanol–water partition coefficient (Wildman–Crippen LogP) is 3.16. The lowest BCUT2D eigenvalue weighted by molar-refractivity contribution is -0.134. The lowest BCUT2D eigenvalue weighted by Crippen LogP contribution is -2.44. The molecule has 7 nitrogen and oxygen atoms in total. The predicted molar refractivity (Wildman–Crippen MR) is 117 cm³/mol. The Morgan fingerprint density at radius 2 is 1.80 bits per heavy atom. The SMILES string of the molecule is CC(C)CN(Cc1cnc2ccccc2c1)C1CCNCC1.O=C(O)C=CC(=O)O. The van der Waals surface area contributed by atoms with Crippen LogP contribution in [0.3, 0.4) is 0 Å². The highest BCUT2D eigenvalue weighted by Crippen LogP contribution is 2.19. The number of aliphatic carboxylic acids is 2. The van der Waals surface area contributed by atoms with Crippen molar-refractivity contribution >= 4 is 22.8 Å². The van der Waals surface area contributed by atoms with Crippen molar-refractivity contribution in [1.82, 2.24) is 15.2 Å². The molecular formula is C23H31N3O4. The van der Waals surface area contributed by atoms with Crippen molar-refractivity contribution in [3.05, 3.63) is 54.2 Å². The van der Waals surface area contributed by atoms with Crippen LogP contribution < -0.4 is 5.32 Å². The van der Waals surface area contributed by atoms with E-state index in [1.807, 2.05) is 0 Å². The summed E-state index contributed by atoms with van der Waals surface area (Å²) >= 11 is 0. The summed E-state index contributed by atoms with van der Waals surface area (Å²) in [5, 5.41) is 20.3. The first-order chi connectivity index (χ1) is 14.3. The molecule has 2 heterocycles. The summed E-state index contributed by atoms with van der Waals surface area (Å²) < 4.78 is 0. The minimum Gasteiger partial charge on any atom is -0.478 e. The number of carboxylic acids is 2. The second-order valence-corrected chi connectivity index (χ2v) is 7.85. The van der Waals surface area contributed by atoms with E-state index in [-0.39, 0.29) is 0 Å². The molecular weight excluding hydrogens is 382 g/mol. The van der Waals surface area contributed by atoms with Gasteiger partial charge >= 0.3 is 11.9 Å². The Balaban J connectivity index is 0.000000343. The Morgan fingerprint density at radius 1 is 1.17 bits per heavy atom. The van der Waals surface area contributed by atoms with Crippen LogP contribution in [0.15, 0.2) is 48.7 Å². The van der Waals surface area contributed by atoms with Crippen molar-refractivity contribution in [2.75, 3.05) is 19.6 Å². The average Bonchev–Trinajstić information content (AvgIpc) is 2.72. The van der Waals surface area contributed by atoms with Crippen LogP contribution in [-0.2, 0) is 16.1 Å². The first-order valence-corrected chi connectivity index (χ1v) is 10.3. The van der Waals surface area contributed by atoms with Crippen molar-refractivity contribution in [3.63, 3.8) is 0 Å². The number of nitrogens with one attached hydrogen (secondary N) is 1. The molecule has 1 aliphatic rings. The van der Waals surface area contributed by atoms with E-state index in [4.69, 9.17) is 10.2 Å². The van der Waals surface area contributed by atoms with E-state index in [0.29, 0.717) is 24.1 Å². The second-order valence-electron chi connectivity index (χ2n) is 7.85. The van der Waals surface area contributed by atoms with Crippen LogP contribution in [-0.4, -0.2) is 57.7 Å². The van der Waals surface area contributed by atoms with Gasteiger partial charge in [-0.05, 0) is 49.5 Å². The number of hydrogen-bond acceptors (Lipinski definition) is 5. The number of piperidine rings is 1. The molecule has 0 spiro atoms. The van der Waals surface area contributed by atoms with Crippen LogP contribution in [0.25, 0.3) is 10.9 Å². The maximum atomic E-state index is 9.55. The highest BCUT2D eigenvalue weighted by atomic mass is 16.4. The van der Waals surface area contributed by atoms with Crippen LogP contribution in [0.4, 0.5) is 0 Å². The maximum Gasteiger partial charge on any atom is 0.328 e.